The molecule has 0 N–H and O–H groups in total. The third-order valence-corrected chi connectivity index (χ3v) is 6.34. The molecule has 0 bridgehead atoms. The Labute approximate surface area is 174 Å². The van der Waals surface area contributed by atoms with Crippen LogP contribution in [0.3, 0.4) is 0 Å². The summed E-state index contributed by atoms with van der Waals surface area (Å²) in [5.41, 5.74) is 6.32. The van der Waals surface area contributed by atoms with Gasteiger partial charge in [-0.05, 0) is 36.4 Å². The fourth-order valence-electron chi connectivity index (χ4n) is 4.97. The molecule has 6 aromatic rings. The summed E-state index contributed by atoms with van der Waals surface area (Å²) >= 11 is 0. The summed E-state index contributed by atoms with van der Waals surface area (Å²) in [6.45, 7) is 0.815. The highest BCUT2D eigenvalue weighted by molar-refractivity contribution is 6.24. The minimum absolute atomic E-state index is 0.815. The molecule has 142 valence electrons. The van der Waals surface area contributed by atoms with E-state index in [4.69, 9.17) is 0 Å². The smallest absolute Gasteiger partial charge is 0.0989 e. The second kappa shape index (κ2) is 5.77. The first-order valence-corrected chi connectivity index (χ1v) is 10.3. The lowest BCUT2D eigenvalue weighted by Crippen LogP contribution is -2.24. The Morgan fingerprint density at radius 2 is 1.03 bits per heavy atom. The van der Waals surface area contributed by atoms with Crippen molar-refractivity contribution in [2.75, 3.05) is 16.5 Å². The van der Waals surface area contributed by atoms with Gasteiger partial charge in [0, 0.05) is 45.3 Å². The van der Waals surface area contributed by atoms with Crippen molar-refractivity contribution >= 4 is 49.5 Å². The summed E-state index contributed by atoms with van der Waals surface area (Å²) in [7, 11) is 0. The van der Waals surface area contributed by atoms with E-state index in [-0.39, 0.29) is 0 Å². The maximum absolute atomic E-state index is 2.43. The highest BCUT2D eigenvalue weighted by Gasteiger charge is 2.21. The SMILES string of the molecule is C1=CN(c2cc3c4ccccc4n4c5ccccc5c(c2)c34)CN1c1ccccc1. The maximum Gasteiger partial charge on any atom is 0.0989 e. The van der Waals surface area contributed by atoms with Gasteiger partial charge in [-0.25, -0.2) is 0 Å². The van der Waals surface area contributed by atoms with Gasteiger partial charge in [0.2, 0.25) is 0 Å². The zero-order chi connectivity index (χ0) is 19.7. The molecule has 0 saturated carbocycles. The summed E-state index contributed by atoms with van der Waals surface area (Å²) in [6, 6.07) is 32.7. The van der Waals surface area contributed by atoms with Gasteiger partial charge in [0.15, 0.2) is 0 Å². The number of para-hydroxylation sites is 3. The Hall–Kier alpha value is -3.98. The molecule has 2 aromatic heterocycles. The van der Waals surface area contributed by atoms with Crippen LogP contribution in [0.2, 0.25) is 0 Å². The molecule has 7 rings (SSSR count). The molecule has 0 fully saturated rings. The standard InChI is InChI=1S/C27H19N3/c1-2-8-19(9-3-1)28-14-15-29(18-28)20-16-23-21-10-4-6-12-25(21)30-26-13-7-5-11-22(26)24(17-20)27(23)30/h1-17H,18H2. The Bertz CT molecular complexity index is 1490. The van der Waals surface area contributed by atoms with E-state index in [1.165, 1.54) is 49.5 Å². The molecular weight excluding hydrogens is 366 g/mol. The van der Waals surface area contributed by atoms with E-state index in [0.717, 1.165) is 6.67 Å². The molecule has 0 amide bonds. The van der Waals surface area contributed by atoms with Crippen LogP contribution in [-0.4, -0.2) is 11.1 Å². The lowest BCUT2D eigenvalue weighted by molar-refractivity contribution is 0.977. The summed E-state index contributed by atoms with van der Waals surface area (Å²) in [4.78, 5) is 4.61. The number of rotatable bonds is 2. The predicted molar refractivity (Wildman–Crippen MR) is 127 cm³/mol. The van der Waals surface area contributed by atoms with Crippen LogP contribution in [0.5, 0.6) is 0 Å². The van der Waals surface area contributed by atoms with Gasteiger partial charge in [0.1, 0.15) is 0 Å². The number of benzene rings is 4. The molecule has 0 radical (unpaired) electrons. The van der Waals surface area contributed by atoms with Crippen LogP contribution < -0.4 is 9.80 Å². The van der Waals surface area contributed by atoms with Crippen LogP contribution in [0.25, 0.3) is 38.1 Å². The summed E-state index contributed by atoms with van der Waals surface area (Å²) in [5.74, 6) is 0. The van der Waals surface area contributed by atoms with Gasteiger partial charge in [-0.1, -0.05) is 54.6 Å². The van der Waals surface area contributed by atoms with E-state index < -0.39 is 0 Å². The first kappa shape index (κ1) is 15.9. The Kier molecular flexibility index (Phi) is 3.06. The fraction of sp³-hybridized carbons (Fsp3) is 0.0370. The number of nitrogens with zero attached hydrogens (tertiary/aromatic N) is 3. The molecule has 3 nitrogen and oxygen atoms in total. The van der Waals surface area contributed by atoms with Gasteiger partial charge < -0.3 is 14.2 Å². The second-order valence-electron chi connectivity index (χ2n) is 7.97. The van der Waals surface area contributed by atoms with Crippen LogP contribution in [0.1, 0.15) is 0 Å². The number of hydrogen-bond donors (Lipinski definition) is 0. The maximum atomic E-state index is 2.43. The van der Waals surface area contributed by atoms with Gasteiger partial charge in [-0.3, -0.25) is 0 Å². The van der Waals surface area contributed by atoms with Crippen molar-refractivity contribution in [2.45, 2.75) is 0 Å². The molecule has 0 unspecified atom stereocenters. The third kappa shape index (κ3) is 2.04. The number of aromatic nitrogens is 1. The van der Waals surface area contributed by atoms with Gasteiger partial charge >= 0.3 is 0 Å². The van der Waals surface area contributed by atoms with Crippen molar-refractivity contribution in [2.24, 2.45) is 0 Å². The average molecular weight is 385 g/mol. The van der Waals surface area contributed by atoms with Gasteiger partial charge in [-0.2, -0.15) is 0 Å². The average Bonchev–Trinajstić information content (AvgIpc) is 3.51. The number of hydrogen-bond acceptors (Lipinski definition) is 2. The van der Waals surface area contributed by atoms with Crippen molar-refractivity contribution in [3.05, 3.63) is 103 Å². The molecular formula is C27H19N3. The van der Waals surface area contributed by atoms with E-state index >= 15 is 0 Å². The van der Waals surface area contributed by atoms with Crippen LogP contribution in [0.15, 0.2) is 103 Å². The third-order valence-electron chi connectivity index (χ3n) is 6.34. The lowest BCUT2D eigenvalue weighted by Gasteiger charge is -2.21. The van der Waals surface area contributed by atoms with Gasteiger partial charge in [0.05, 0.1) is 23.2 Å². The predicted octanol–water partition coefficient (Wildman–Crippen LogP) is 6.59. The van der Waals surface area contributed by atoms with E-state index in [1.807, 2.05) is 0 Å². The minimum atomic E-state index is 0.815. The fourth-order valence-corrected chi connectivity index (χ4v) is 4.97. The molecule has 30 heavy (non-hydrogen) atoms. The van der Waals surface area contributed by atoms with Gasteiger partial charge in [-0.15, -0.1) is 0 Å². The van der Waals surface area contributed by atoms with Gasteiger partial charge in [0.25, 0.3) is 0 Å². The molecule has 1 aliphatic rings. The van der Waals surface area contributed by atoms with Crippen molar-refractivity contribution < 1.29 is 0 Å². The molecule has 0 aliphatic carbocycles. The summed E-state index contributed by atoms with van der Waals surface area (Å²) < 4.78 is 2.43. The first-order chi connectivity index (χ1) is 14.9. The molecule has 3 heteroatoms. The Balaban J connectivity index is 1.47. The molecule has 3 heterocycles. The highest BCUT2D eigenvalue weighted by Crippen LogP contribution is 2.41. The van der Waals surface area contributed by atoms with Crippen LogP contribution >= 0.6 is 0 Å². The van der Waals surface area contributed by atoms with Crippen LogP contribution in [0.4, 0.5) is 11.4 Å². The quantitative estimate of drug-likeness (QED) is 0.333. The minimum Gasteiger partial charge on any atom is -0.328 e. The van der Waals surface area contributed by atoms with E-state index in [1.54, 1.807) is 0 Å². The number of fused-ring (bicyclic) bond motifs is 6. The monoisotopic (exact) mass is 385 g/mol. The second-order valence-corrected chi connectivity index (χ2v) is 7.97. The topological polar surface area (TPSA) is 10.9 Å². The van der Waals surface area contributed by atoms with Crippen LogP contribution in [0, 0.1) is 0 Å². The van der Waals surface area contributed by atoms with E-state index in [0.29, 0.717) is 0 Å². The van der Waals surface area contributed by atoms with Crippen molar-refractivity contribution in [1.29, 1.82) is 0 Å². The normalized spacial score (nSPS) is 14.3. The highest BCUT2D eigenvalue weighted by atomic mass is 15.3. The zero-order valence-corrected chi connectivity index (χ0v) is 16.4. The van der Waals surface area contributed by atoms with Crippen LogP contribution in [-0.2, 0) is 0 Å². The first-order valence-electron chi connectivity index (χ1n) is 10.3. The van der Waals surface area contributed by atoms with E-state index in [2.05, 4.69) is 118 Å². The summed E-state index contributed by atoms with van der Waals surface area (Å²) in [6.07, 6.45) is 4.34. The van der Waals surface area contributed by atoms with Crippen molar-refractivity contribution in [1.82, 2.24) is 4.40 Å². The van der Waals surface area contributed by atoms with E-state index in [9.17, 15) is 0 Å². The van der Waals surface area contributed by atoms with Crippen molar-refractivity contribution in [3.8, 4) is 0 Å². The molecule has 0 spiro atoms. The molecule has 0 atom stereocenters. The lowest BCUT2D eigenvalue weighted by atomic mass is 10.1. The summed E-state index contributed by atoms with van der Waals surface area (Å²) in [5, 5.41) is 5.27. The number of anilines is 2. The zero-order valence-electron chi connectivity index (χ0n) is 16.4. The molecule has 4 aromatic carbocycles. The molecule has 0 saturated heterocycles. The Morgan fingerprint density at radius 3 is 1.67 bits per heavy atom. The largest absolute Gasteiger partial charge is 0.328 e. The Morgan fingerprint density at radius 1 is 0.500 bits per heavy atom. The van der Waals surface area contributed by atoms with Crippen molar-refractivity contribution in [3.63, 3.8) is 0 Å². The molecule has 1 aliphatic heterocycles.